The summed E-state index contributed by atoms with van der Waals surface area (Å²) in [7, 11) is 3.89. The molecular weight excluding hydrogens is 496 g/mol. The van der Waals surface area contributed by atoms with Gasteiger partial charge in [0, 0.05) is 30.5 Å². The Morgan fingerprint density at radius 1 is 1.18 bits per heavy atom. The molecule has 7 nitrogen and oxygen atoms in total. The molecule has 1 amide bonds. The number of nitrogens with zero attached hydrogens (tertiary/aromatic N) is 5. The van der Waals surface area contributed by atoms with Gasteiger partial charge in [0.15, 0.2) is 0 Å². The minimum absolute atomic E-state index is 0.246. The number of hydrogen-bond donors (Lipinski definition) is 1. The summed E-state index contributed by atoms with van der Waals surface area (Å²) in [6.45, 7) is 9.53. The van der Waals surface area contributed by atoms with Crippen LogP contribution in [0.2, 0.25) is 0 Å². The van der Waals surface area contributed by atoms with Gasteiger partial charge in [-0.25, -0.2) is 0 Å². The fourth-order valence-corrected chi connectivity index (χ4v) is 5.34. The number of likely N-dealkylation sites (N-methyl/N-ethyl adjacent to an activating group) is 1. The molecule has 40 heavy (non-hydrogen) atoms. The molecule has 4 rings (SSSR count). The molecule has 0 aliphatic carbocycles. The molecule has 1 N–H and O–H groups in total. The van der Waals surface area contributed by atoms with Crippen LogP contribution in [-0.2, 0) is 23.2 Å². The van der Waals surface area contributed by atoms with Crippen LogP contribution in [0.1, 0.15) is 57.0 Å². The second-order valence-electron chi connectivity index (χ2n) is 11.6. The number of aryl methyl sites for hydroxylation is 2. The van der Waals surface area contributed by atoms with E-state index >= 15 is 0 Å². The molecule has 0 unspecified atom stereocenters. The third kappa shape index (κ3) is 7.23. The number of benzene rings is 1. The second-order valence-corrected chi connectivity index (χ2v) is 11.6. The van der Waals surface area contributed by atoms with Gasteiger partial charge in [-0.05, 0) is 108 Å². The quantitative estimate of drug-likeness (QED) is 0.386. The van der Waals surface area contributed by atoms with Crippen molar-refractivity contribution >= 4 is 22.5 Å². The van der Waals surface area contributed by atoms with Crippen LogP contribution in [0.25, 0.3) is 10.9 Å². The highest BCUT2D eigenvalue weighted by Crippen LogP contribution is 2.26. The summed E-state index contributed by atoms with van der Waals surface area (Å²) in [6.07, 6.45) is 6.18. The van der Waals surface area contributed by atoms with Crippen LogP contribution >= 0.6 is 0 Å². The van der Waals surface area contributed by atoms with Gasteiger partial charge in [-0.15, -0.1) is 0 Å². The van der Waals surface area contributed by atoms with Crippen molar-refractivity contribution in [3.8, 4) is 17.9 Å². The molecule has 1 aromatic carbocycles. The molecule has 1 aliphatic rings. The largest absolute Gasteiger partial charge is 0.373 e. The lowest BCUT2D eigenvalue weighted by atomic mass is 9.90. The van der Waals surface area contributed by atoms with Crippen molar-refractivity contribution in [2.75, 3.05) is 45.6 Å². The van der Waals surface area contributed by atoms with E-state index in [4.69, 9.17) is 0 Å². The second kappa shape index (κ2) is 13.0. The zero-order valence-corrected chi connectivity index (χ0v) is 24.6. The number of fused-ring (bicyclic) bond motifs is 1. The first-order valence-electron chi connectivity index (χ1n) is 14.4. The highest BCUT2D eigenvalue weighted by Gasteiger charge is 2.23. The number of likely N-dealkylation sites (tertiary alicyclic amines) is 1. The number of rotatable bonds is 9. The lowest BCUT2D eigenvalue weighted by Crippen LogP contribution is -2.42. The molecule has 0 spiro atoms. The van der Waals surface area contributed by atoms with E-state index in [0.29, 0.717) is 19.0 Å². The van der Waals surface area contributed by atoms with Crippen LogP contribution in [0.15, 0.2) is 42.6 Å². The van der Waals surface area contributed by atoms with Crippen molar-refractivity contribution in [1.29, 1.82) is 5.26 Å². The number of pyridine rings is 1. The number of hydrogen-bond acceptors (Lipinski definition) is 5. The molecule has 1 fully saturated rings. The maximum absolute atomic E-state index is 12.3. The first kappa shape index (κ1) is 29.2. The number of nitrogens with one attached hydrogen (secondary N) is 1. The van der Waals surface area contributed by atoms with E-state index in [0.717, 1.165) is 62.4 Å². The Morgan fingerprint density at radius 3 is 2.60 bits per heavy atom. The summed E-state index contributed by atoms with van der Waals surface area (Å²) in [4.78, 5) is 20.7. The van der Waals surface area contributed by atoms with E-state index in [1.54, 1.807) is 6.20 Å². The zero-order chi connectivity index (χ0) is 28.7. The summed E-state index contributed by atoms with van der Waals surface area (Å²) >= 11 is 0. The van der Waals surface area contributed by atoms with Crippen molar-refractivity contribution in [3.05, 3.63) is 59.5 Å². The smallest absolute Gasteiger partial charge is 0.236 e. The number of piperidine rings is 1. The summed E-state index contributed by atoms with van der Waals surface area (Å²) in [6, 6.07) is 15.1. The Hall–Kier alpha value is -3.81. The number of carbonyl (C=O) groups is 1. The standard InChI is InChI=1S/C33H42N6O/c1-6-39-29(8-7-17-35-28-12-14-31(36-22-28)33(2,3)24-34)21-27-20-26(11-13-30(27)39)10-9-25-15-18-38(19-16-25)32(40)23-37(4)5/h11-14,20-22,25,35H,6,9-10,15-19,23H2,1-5H3. The first-order valence-corrected chi connectivity index (χ1v) is 14.4. The summed E-state index contributed by atoms with van der Waals surface area (Å²) in [5, 5.41) is 13.8. The molecule has 210 valence electrons. The Morgan fingerprint density at radius 2 is 1.95 bits per heavy atom. The van der Waals surface area contributed by atoms with Crippen molar-refractivity contribution in [2.45, 2.75) is 58.4 Å². The monoisotopic (exact) mass is 538 g/mol. The van der Waals surface area contributed by atoms with Crippen LogP contribution in [-0.4, -0.2) is 65.5 Å². The van der Waals surface area contributed by atoms with Crippen LogP contribution in [0.3, 0.4) is 0 Å². The van der Waals surface area contributed by atoms with Gasteiger partial charge < -0.3 is 19.7 Å². The Labute approximate surface area is 239 Å². The van der Waals surface area contributed by atoms with E-state index in [1.165, 1.54) is 16.5 Å². The molecule has 0 radical (unpaired) electrons. The summed E-state index contributed by atoms with van der Waals surface area (Å²) in [5.74, 6) is 7.53. The molecular formula is C33H42N6O. The maximum Gasteiger partial charge on any atom is 0.236 e. The number of anilines is 1. The predicted molar refractivity (Wildman–Crippen MR) is 162 cm³/mol. The van der Waals surface area contributed by atoms with Crippen LogP contribution in [0, 0.1) is 29.1 Å². The van der Waals surface area contributed by atoms with Crippen molar-refractivity contribution in [1.82, 2.24) is 19.4 Å². The van der Waals surface area contributed by atoms with E-state index in [1.807, 2.05) is 49.9 Å². The van der Waals surface area contributed by atoms with Gasteiger partial charge >= 0.3 is 0 Å². The normalized spacial score (nSPS) is 14.2. The average Bonchev–Trinajstić information content (AvgIpc) is 3.31. The zero-order valence-electron chi connectivity index (χ0n) is 24.6. The number of aromatic nitrogens is 2. The third-order valence-corrected chi connectivity index (χ3v) is 7.82. The van der Waals surface area contributed by atoms with Gasteiger partial charge in [0.1, 0.15) is 0 Å². The molecule has 3 aromatic rings. The van der Waals surface area contributed by atoms with Crippen molar-refractivity contribution < 1.29 is 4.79 Å². The first-order chi connectivity index (χ1) is 19.2. The lowest BCUT2D eigenvalue weighted by molar-refractivity contribution is -0.133. The van der Waals surface area contributed by atoms with Crippen molar-refractivity contribution in [2.24, 2.45) is 5.92 Å². The molecule has 2 aromatic heterocycles. The fraction of sp³-hybridized carbons (Fsp3) is 0.485. The molecule has 3 heterocycles. The van der Waals surface area contributed by atoms with E-state index in [2.05, 4.69) is 64.0 Å². The van der Waals surface area contributed by atoms with Gasteiger partial charge in [0.05, 0.1) is 47.8 Å². The van der Waals surface area contributed by atoms with Gasteiger partial charge in [-0.3, -0.25) is 9.78 Å². The highest BCUT2D eigenvalue weighted by atomic mass is 16.2. The SMILES string of the molecule is CCn1c(C#CCNc2ccc(C(C)(C)C#N)nc2)cc2cc(CCC3CCN(C(=O)CN(C)C)CC3)ccc21. The summed E-state index contributed by atoms with van der Waals surface area (Å²) < 4.78 is 2.27. The fourth-order valence-electron chi connectivity index (χ4n) is 5.34. The Kier molecular flexibility index (Phi) is 9.50. The highest BCUT2D eigenvalue weighted by molar-refractivity contribution is 5.83. The summed E-state index contributed by atoms with van der Waals surface area (Å²) in [5.41, 5.74) is 4.65. The Balaban J connectivity index is 1.33. The van der Waals surface area contributed by atoms with Gasteiger partial charge in [-0.2, -0.15) is 5.26 Å². The third-order valence-electron chi connectivity index (χ3n) is 7.82. The van der Waals surface area contributed by atoms with Crippen LogP contribution in [0.5, 0.6) is 0 Å². The molecule has 0 saturated carbocycles. The molecule has 1 saturated heterocycles. The van der Waals surface area contributed by atoms with Gasteiger partial charge in [-0.1, -0.05) is 12.0 Å². The molecule has 1 aliphatic heterocycles. The molecule has 0 atom stereocenters. The van der Waals surface area contributed by atoms with Gasteiger partial charge in [0.25, 0.3) is 0 Å². The number of amides is 1. The Bertz CT molecular complexity index is 1410. The number of nitriles is 1. The minimum atomic E-state index is -0.600. The molecule has 7 heteroatoms. The van der Waals surface area contributed by atoms with E-state index < -0.39 is 5.41 Å². The van der Waals surface area contributed by atoms with Gasteiger partial charge in [0.2, 0.25) is 5.91 Å². The minimum Gasteiger partial charge on any atom is -0.373 e. The average molecular weight is 539 g/mol. The van der Waals surface area contributed by atoms with E-state index in [9.17, 15) is 10.1 Å². The van der Waals surface area contributed by atoms with Crippen LogP contribution < -0.4 is 5.32 Å². The maximum atomic E-state index is 12.3. The van der Waals surface area contributed by atoms with E-state index in [-0.39, 0.29) is 5.91 Å². The topological polar surface area (TPSA) is 77.2 Å². The van der Waals surface area contributed by atoms with Crippen molar-refractivity contribution in [3.63, 3.8) is 0 Å². The molecule has 0 bridgehead atoms. The lowest BCUT2D eigenvalue weighted by Gasteiger charge is -2.32. The van der Waals surface area contributed by atoms with Crippen LogP contribution in [0.4, 0.5) is 5.69 Å². The predicted octanol–water partition coefficient (Wildman–Crippen LogP) is 5.05. The number of carbonyl (C=O) groups excluding carboxylic acids is 1.